The van der Waals surface area contributed by atoms with E-state index in [2.05, 4.69) is 11.9 Å². The van der Waals surface area contributed by atoms with Crippen molar-refractivity contribution in [2.24, 2.45) is 5.92 Å². The van der Waals surface area contributed by atoms with Crippen molar-refractivity contribution in [3.63, 3.8) is 0 Å². The molecular weight excluding hydrogens is 262 g/mol. The van der Waals surface area contributed by atoms with Gasteiger partial charge in [-0.15, -0.1) is 0 Å². The summed E-state index contributed by atoms with van der Waals surface area (Å²) < 4.78 is 15.4. The van der Waals surface area contributed by atoms with Gasteiger partial charge >= 0.3 is 12.1 Å². The first-order valence-electron chi connectivity index (χ1n) is 6.95. The Balaban J connectivity index is 1.50. The van der Waals surface area contributed by atoms with Gasteiger partial charge in [-0.3, -0.25) is 0 Å². The van der Waals surface area contributed by atoms with E-state index in [-0.39, 0.29) is 13.2 Å². The summed E-state index contributed by atoms with van der Waals surface area (Å²) in [7, 11) is 0. The van der Waals surface area contributed by atoms with E-state index in [0.29, 0.717) is 30.3 Å². The molecule has 1 saturated heterocycles. The van der Waals surface area contributed by atoms with Crippen LogP contribution in [0.3, 0.4) is 0 Å². The van der Waals surface area contributed by atoms with Gasteiger partial charge in [-0.1, -0.05) is 6.58 Å². The van der Waals surface area contributed by atoms with Crippen molar-refractivity contribution < 1.29 is 23.8 Å². The zero-order chi connectivity index (χ0) is 14.5. The van der Waals surface area contributed by atoms with Crippen LogP contribution in [-0.2, 0) is 19.0 Å². The zero-order valence-electron chi connectivity index (χ0n) is 11.7. The Hall–Kier alpha value is -1.56. The molecule has 3 atom stereocenters. The highest BCUT2D eigenvalue weighted by molar-refractivity contribution is 5.86. The maximum atomic E-state index is 11.4. The molecule has 0 spiro atoms. The number of rotatable bonds is 6. The molecule has 112 valence electrons. The molecule has 6 heteroatoms. The van der Waals surface area contributed by atoms with Crippen LogP contribution >= 0.6 is 0 Å². The Morgan fingerprint density at radius 2 is 2.10 bits per heavy atom. The Bertz CT molecular complexity index is 395. The van der Waals surface area contributed by atoms with Crippen LogP contribution in [-0.4, -0.2) is 44.0 Å². The molecule has 3 unspecified atom stereocenters. The van der Waals surface area contributed by atoms with Gasteiger partial charge in [0.1, 0.15) is 6.61 Å². The highest BCUT2D eigenvalue weighted by Gasteiger charge is 2.43. The van der Waals surface area contributed by atoms with Gasteiger partial charge in [-0.05, 0) is 32.1 Å². The van der Waals surface area contributed by atoms with Crippen molar-refractivity contribution in [2.75, 3.05) is 19.8 Å². The maximum absolute atomic E-state index is 11.4. The van der Waals surface area contributed by atoms with Crippen LogP contribution in [0.25, 0.3) is 0 Å². The average Bonchev–Trinajstić information content (AvgIpc) is 3.19. The van der Waals surface area contributed by atoms with Crippen LogP contribution in [0.2, 0.25) is 0 Å². The van der Waals surface area contributed by atoms with Crippen LogP contribution in [0.15, 0.2) is 12.2 Å². The average molecular weight is 283 g/mol. The van der Waals surface area contributed by atoms with Gasteiger partial charge in [0.2, 0.25) is 0 Å². The lowest BCUT2D eigenvalue weighted by Gasteiger charge is -2.18. The largest absolute Gasteiger partial charge is 0.460 e. The molecule has 1 aliphatic carbocycles. The molecular formula is C14H21NO5. The third kappa shape index (κ3) is 4.52. The molecule has 0 aromatic carbocycles. The van der Waals surface area contributed by atoms with E-state index in [1.807, 2.05) is 0 Å². The number of nitrogens with one attached hydrogen (secondary N) is 1. The third-order valence-electron chi connectivity index (χ3n) is 3.52. The maximum Gasteiger partial charge on any atom is 0.407 e. The fraction of sp³-hybridized carbons (Fsp3) is 0.714. The van der Waals surface area contributed by atoms with Crippen molar-refractivity contribution in [2.45, 2.75) is 38.4 Å². The molecule has 1 N–H and O–H groups in total. The number of amides is 1. The molecule has 0 aromatic heterocycles. The summed E-state index contributed by atoms with van der Waals surface area (Å²) in [5, 5.41) is 2.54. The van der Waals surface area contributed by atoms with Crippen LogP contribution in [0.1, 0.15) is 26.2 Å². The molecule has 2 fully saturated rings. The number of epoxide rings is 1. The second kappa shape index (κ2) is 6.74. The minimum atomic E-state index is -0.477. The first kappa shape index (κ1) is 14.8. The minimum Gasteiger partial charge on any atom is -0.460 e. The molecule has 0 bridgehead atoms. The highest BCUT2D eigenvalue weighted by atomic mass is 16.6. The lowest BCUT2D eigenvalue weighted by Crippen LogP contribution is -2.30. The predicted molar refractivity (Wildman–Crippen MR) is 71.1 cm³/mol. The summed E-state index contributed by atoms with van der Waals surface area (Å²) in [6, 6.07) is 0. The van der Waals surface area contributed by atoms with E-state index in [1.165, 1.54) is 0 Å². The standard InChI is InChI=1S/C14H21NO5/c1-9(2)13(16)18-6-5-15-14(17)19-8-10-3-4-11-12(7-10)20-11/h10-12H,1,3-8H2,2H3,(H,15,17). The summed E-state index contributed by atoms with van der Waals surface area (Å²) in [6.45, 7) is 5.80. The fourth-order valence-corrected chi connectivity index (χ4v) is 2.30. The van der Waals surface area contributed by atoms with Gasteiger partial charge in [-0.25, -0.2) is 9.59 Å². The van der Waals surface area contributed by atoms with Gasteiger partial charge in [0.15, 0.2) is 0 Å². The van der Waals surface area contributed by atoms with E-state index in [1.54, 1.807) is 6.92 Å². The zero-order valence-corrected chi connectivity index (χ0v) is 11.7. The van der Waals surface area contributed by atoms with Crippen molar-refractivity contribution in [1.82, 2.24) is 5.32 Å². The summed E-state index contributed by atoms with van der Waals surface area (Å²) >= 11 is 0. The molecule has 2 aliphatic rings. The van der Waals surface area contributed by atoms with Gasteiger partial charge in [0, 0.05) is 5.57 Å². The van der Waals surface area contributed by atoms with Crippen LogP contribution in [0.5, 0.6) is 0 Å². The number of alkyl carbamates (subject to hydrolysis) is 1. The lowest BCUT2D eigenvalue weighted by molar-refractivity contribution is -0.138. The Morgan fingerprint density at radius 1 is 1.30 bits per heavy atom. The number of carbonyl (C=O) groups is 2. The fourth-order valence-electron chi connectivity index (χ4n) is 2.30. The predicted octanol–water partition coefficient (Wildman–Crippen LogP) is 1.40. The molecule has 1 amide bonds. The number of carbonyl (C=O) groups excluding carboxylic acids is 2. The summed E-state index contributed by atoms with van der Waals surface area (Å²) in [5.41, 5.74) is 0.338. The van der Waals surface area contributed by atoms with E-state index in [9.17, 15) is 9.59 Å². The molecule has 0 aromatic rings. The second-order valence-electron chi connectivity index (χ2n) is 5.33. The molecule has 1 heterocycles. The van der Waals surface area contributed by atoms with Gasteiger partial charge < -0.3 is 19.5 Å². The highest BCUT2D eigenvalue weighted by Crippen LogP contribution is 2.39. The SMILES string of the molecule is C=C(C)C(=O)OCCNC(=O)OCC1CCC2OC2C1. The number of hydrogen-bond donors (Lipinski definition) is 1. The van der Waals surface area contributed by atoms with Crippen LogP contribution < -0.4 is 5.32 Å². The van der Waals surface area contributed by atoms with Gasteiger partial charge in [-0.2, -0.15) is 0 Å². The molecule has 0 radical (unpaired) electrons. The van der Waals surface area contributed by atoms with Crippen molar-refractivity contribution in [3.05, 3.63) is 12.2 Å². The molecule has 1 aliphatic heterocycles. The summed E-state index contributed by atoms with van der Waals surface area (Å²) in [4.78, 5) is 22.5. The monoisotopic (exact) mass is 283 g/mol. The summed E-state index contributed by atoms with van der Waals surface area (Å²) in [5.74, 6) is -0.0629. The van der Waals surface area contributed by atoms with Gasteiger partial charge in [0.05, 0.1) is 25.4 Å². The Kier molecular flexibility index (Phi) is 5.00. The second-order valence-corrected chi connectivity index (χ2v) is 5.33. The third-order valence-corrected chi connectivity index (χ3v) is 3.52. The normalized spacial score (nSPS) is 27.1. The minimum absolute atomic E-state index is 0.113. The molecule has 6 nitrogen and oxygen atoms in total. The van der Waals surface area contributed by atoms with Crippen LogP contribution in [0.4, 0.5) is 4.79 Å². The molecule has 2 rings (SSSR count). The first-order valence-corrected chi connectivity index (χ1v) is 6.95. The van der Waals surface area contributed by atoms with Crippen molar-refractivity contribution in [1.29, 1.82) is 0 Å². The van der Waals surface area contributed by atoms with Crippen molar-refractivity contribution in [3.8, 4) is 0 Å². The van der Waals surface area contributed by atoms with E-state index < -0.39 is 12.1 Å². The molecule has 1 saturated carbocycles. The van der Waals surface area contributed by atoms with Crippen molar-refractivity contribution >= 4 is 12.1 Å². The smallest absolute Gasteiger partial charge is 0.407 e. The van der Waals surface area contributed by atoms with E-state index >= 15 is 0 Å². The number of fused-ring (bicyclic) bond motifs is 1. The Labute approximate surface area is 118 Å². The molecule has 20 heavy (non-hydrogen) atoms. The number of hydrogen-bond acceptors (Lipinski definition) is 5. The van der Waals surface area contributed by atoms with Gasteiger partial charge in [0.25, 0.3) is 0 Å². The topological polar surface area (TPSA) is 77.2 Å². The Morgan fingerprint density at radius 3 is 2.80 bits per heavy atom. The number of esters is 1. The lowest BCUT2D eigenvalue weighted by atomic mass is 9.90. The van der Waals surface area contributed by atoms with E-state index in [0.717, 1.165) is 19.3 Å². The summed E-state index contributed by atoms with van der Waals surface area (Å²) in [6.07, 6.45) is 3.47. The quantitative estimate of drug-likeness (QED) is 0.345. The first-order chi connectivity index (χ1) is 9.56. The number of ether oxygens (including phenoxy) is 3. The van der Waals surface area contributed by atoms with Crippen LogP contribution in [0, 0.1) is 5.92 Å². The van der Waals surface area contributed by atoms with E-state index in [4.69, 9.17) is 14.2 Å².